The van der Waals surface area contributed by atoms with E-state index in [2.05, 4.69) is 52.1 Å². The van der Waals surface area contributed by atoms with Crippen LogP contribution in [-0.2, 0) is 0 Å². The molecule has 5 heteroatoms. The molecule has 2 nitrogen and oxygen atoms in total. The minimum atomic E-state index is -0.0465. The van der Waals surface area contributed by atoms with E-state index in [0.29, 0.717) is 5.75 Å². The maximum absolute atomic E-state index is 9.96. The Morgan fingerprint density at radius 2 is 1.94 bits per heavy atom. The van der Waals surface area contributed by atoms with E-state index in [1.807, 2.05) is 12.1 Å². The maximum atomic E-state index is 9.96. The van der Waals surface area contributed by atoms with Crippen molar-refractivity contribution in [2.24, 2.45) is 5.73 Å². The van der Waals surface area contributed by atoms with Crippen LogP contribution in [-0.4, -0.2) is 5.11 Å². The summed E-state index contributed by atoms with van der Waals surface area (Å²) in [5.41, 5.74) is 6.99. The predicted molar refractivity (Wildman–Crippen MR) is 91.9 cm³/mol. The zero-order valence-corrected chi connectivity index (χ0v) is 14.9. The Bertz CT molecular complexity index is 361. The minimum absolute atomic E-state index is 0. The van der Waals surface area contributed by atoms with Crippen molar-refractivity contribution < 1.29 is 5.11 Å². The quantitative estimate of drug-likeness (QED) is 0.477. The molecular formula is C12H18ClI2NO. The lowest BCUT2D eigenvalue weighted by Gasteiger charge is -2.15. The van der Waals surface area contributed by atoms with Gasteiger partial charge in [0.25, 0.3) is 0 Å². The largest absolute Gasteiger partial charge is 0.506 e. The number of rotatable bonds is 5. The normalized spacial score (nSPS) is 12.0. The second-order valence-electron chi connectivity index (χ2n) is 3.93. The molecule has 0 aromatic heterocycles. The van der Waals surface area contributed by atoms with E-state index >= 15 is 0 Å². The van der Waals surface area contributed by atoms with Crippen molar-refractivity contribution >= 4 is 57.6 Å². The fourth-order valence-electron chi connectivity index (χ4n) is 1.64. The molecule has 0 heterocycles. The zero-order chi connectivity index (χ0) is 12.1. The van der Waals surface area contributed by atoms with Gasteiger partial charge in [-0.2, -0.15) is 0 Å². The number of hydrogen-bond acceptors (Lipinski definition) is 2. The SMILES string of the molecule is CCCCC[C@@H](N)c1cc(I)cc(I)c1O.Cl. The molecule has 0 spiro atoms. The highest BCUT2D eigenvalue weighted by atomic mass is 127. The van der Waals surface area contributed by atoms with Crippen molar-refractivity contribution in [3.05, 3.63) is 24.8 Å². The summed E-state index contributed by atoms with van der Waals surface area (Å²) in [6, 6.07) is 3.89. The van der Waals surface area contributed by atoms with E-state index in [4.69, 9.17) is 5.73 Å². The number of benzene rings is 1. The van der Waals surface area contributed by atoms with E-state index in [-0.39, 0.29) is 18.4 Å². The molecule has 1 rings (SSSR count). The van der Waals surface area contributed by atoms with Crippen LogP contribution >= 0.6 is 57.6 Å². The molecule has 0 saturated carbocycles. The van der Waals surface area contributed by atoms with E-state index in [1.54, 1.807) is 0 Å². The third-order valence-electron chi connectivity index (χ3n) is 2.58. The summed E-state index contributed by atoms with van der Waals surface area (Å²) in [7, 11) is 0. The van der Waals surface area contributed by atoms with Gasteiger partial charge in [0.05, 0.1) is 3.57 Å². The van der Waals surface area contributed by atoms with Gasteiger partial charge in [-0.25, -0.2) is 0 Å². The van der Waals surface area contributed by atoms with E-state index in [0.717, 1.165) is 25.5 Å². The highest BCUT2D eigenvalue weighted by Gasteiger charge is 2.13. The van der Waals surface area contributed by atoms with Crippen LogP contribution in [0, 0.1) is 7.14 Å². The Balaban J connectivity index is 0.00000256. The van der Waals surface area contributed by atoms with E-state index < -0.39 is 0 Å². The van der Waals surface area contributed by atoms with Gasteiger partial charge in [0, 0.05) is 15.2 Å². The summed E-state index contributed by atoms with van der Waals surface area (Å²) < 4.78 is 2.01. The average molecular weight is 482 g/mol. The van der Waals surface area contributed by atoms with Gasteiger partial charge in [-0.1, -0.05) is 26.2 Å². The van der Waals surface area contributed by atoms with E-state index in [9.17, 15) is 5.11 Å². The molecule has 0 aliphatic carbocycles. The van der Waals surface area contributed by atoms with Gasteiger partial charge in [0.2, 0.25) is 0 Å². The highest BCUT2D eigenvalue weighted by molar-refractivity contribution is 14.1. The van der Waals surface area contributed by atoms with Gasteiger partial charge >= 0.3 is 0 Å². The van der Waals surface area contributed by atoms with Gasteiger partial charge < -0.3 is 10.8 Å². The van der Waals surface area contributed by atoms with Crippen molar-refractivity contribution in [2.45, 2.75) is 38.6 Å². The molecule has 3 N–H and O–H groups in total. The Morgan fingerprint density at radius 3 is 2.53 bits per heavy atom. The van der Waals surface area contributed by atoms with Crippen molar-refractivity contribution in [3.8, 4) is 5.75 Å². The third-order valence-corrected chi connectivity index (χ3v) is 4.02. The summed E-state index contributed by atoms with van der Waals surface area (Å²) in [6.07, 6.45) is 4.47. The first-order chi connectivity index (χ1) is 7.56. The molecule has 0 saturated heterocycles. The monoisotopic (exact) mass is 481 g/mol. The van der Waals surface area contributed by atoms with Crippen LogP contribution < -0.4 is 5.73 Å². The minimum Gasteiger partial charge on any atom is -0.506 e. The molecule has 98 valence electrons. The number of nitrogens with two attached hydrogens (primary N) is 1. The van der Waals surface area contributed by atoms with Crippen LogP contribution in [0.1, 0.15) is 44.2 Å². The van der Waals surface area contributed by atoms with E-state index in [1.165, 1.54) is 12.8 Å². The fraction of sp³-hybridized carbons (Fsp3) is 0.500. The van der Waals surface area contributed by atoms with Gasteiger partial charge in [-0.05, 0) is 63.7 Å². The Morgan fingerprint density at radius 1 is 1.29 bits per heavy atom. The molecule has 1 aromatic rings. The van der Waals surface area contributed by atoms with Gasteiger partial charge in [0.1, 0.15) is 5.75 Å². The Hall–Kier alpha value is 0.730. The summed E-state index contributed by atoms with van der Waals surface area (Å²) in [5.74, 6) is 0.352. The molecule has 17 heavy (non-hydrogen) atoms. The van der Waals surface area contributed by atoms with Crippen LogP contribution in [0.15, 0.2) is 12.1 Å². The molecule has 0 aliphatic rings. The van der Waals surface area contributed by atoms with Crippen molar-refractivity contribution in [3.63, 3.8) is 0 Å². The number of hydrogen-bond donors (Lipinski definition) is 2. The van der Waals surface area contributed by atoms with Crippen LogP contribution in [0.25, 0.3) is 0 Å². The topological polar surface area (TPSA) is 46.2 Å². The maximum Gasteiger partial charge on any atom is 0.133 e. The number of aromatic hydroxyl groups is 1. The summed E-state index contributed by atoms with van der Waals surface area (Å²) in [6.45, 7) is 2.18. The first-order valence-corrected chi connectivity index (χ1v) is 7.65. The molecule has 0 fully saturated rings. The Labute approximate surface area is 136 Å². The number of phenolic OH excluding ortho intramolecular Hbond substituents is 1. The van der Waals surface area contributed by atoms with Crippen LogP contribution in [0.5, 0.6) is 5.75 Å². The fourth-order valence-corrected chi connectivity index (χ4v) is 3.53. The molecule has 1 aromatic carbocycles. The second-order valence-corrected chi connectivity index (χ2v) is 6.34. The highest BCUT2D eigenvalue weighted by Crippen LogP contribution is 2.32. The lowest BCUT2D eigenvalue weighted by molar-refractivity contribution is 0.452. The average Bonchev–Trinajstić information content (AvgIpc) is 2.23. The van der Waals surface area contributed by atoms with Crippen molar-refractivity contribution in [1.29, 1.82) is 0 Å². The third kappa shape index (κ3) is 5.48. The van der Waals surface area contributed by atoms with Crippen LogP contribution in [0.3, 0.4) is 0 Å². The van der Waals surface area contributed by atoms with Crippen molar-refractivity contribution in [1.82, 2.24) is 0 Å². The summed E-state index contributed by atoms with van der Waals surface area (Å²) in [5, 5.41) is 9.96. The second kappa shape index (κ2) is 8.77. The van der Waals surface area contributed by atoms with Crippen LogP contribution in [0.4, 0.5) is 0 Å². The lowest BCUT2D eigenvalue weighted by Crippen LogP contribution is -2.11. The molecule has 0 aliphatic heterocycles. The first kappa shape index (κ1) is 17.7. The Kier molecular flexibility index (Phi) is 9.14. The number of halogens is 3. The summed E-state index contributed by atoms with van der Waals surface area (Å²) >= 11 is 4.40. The van der Waals surface area contributed by atoms with Gasteiger partial charge in [-0.15, -0.1) is 12.4 Å². The molecule has 0 radical (unpaired) electrons. The molecular weight excluding hydrogens is 463 g/mol. The first-order valence-electron chi connectivity index (χ1n) is 5.49. The van der Waals surface area contributed by atoms with Gasteiger partial charge in [0.15, 0.2) is 0 Å². The molecule has 1 atom stereocenters. The lowest BCUT2D eigenvalue weighted by atomic mass is 10.0. The standard InChI is InChI=1S/C12H17I2NO.ClH/c1-2-3-4-5-11(15)9-6-8(13)7-10(14)12(9)16;/h6-7,11,16H,2-5,15H2,1H3;1H/t11-;/m1./s1. The number of phenols is 1. The van der Waals surface area contributed by atoms with Crippen LogP contribution in [0.2, 0.25) is 0 Å². The smallest absolute Gasteiger partial charge is 0.133 e. The molecule has 0 unspecified atom stereocenters. The number of unbranched alkanes of at least 4 members (excludes halogenated alkanes) is 2. The summed E-state index contributed by atoms with van der Waals surface area (Å²) in [4.78, 5) is 0. The molecule has 0 bridgehead atoms. The van der Waals surface area contributed by atoms with Gasteiger partial charge in [-0.3, -0.25) is 0 Å². The zero-order valence-electron chi connectivity index (χ0n) is 9.75. The molecule has 0 amide bonds. The van der Waals surface area contributed by atoms with Crippen molar-refractivity contribution in [2.75, 3.05) is 0 Å². The predicted octanol–water partition coefficient (Wildman–Crippen LogP) is 4.60.